The monoisotopic (exact) mass is 1180 g/mol. The van der Waals surface area contributed by atoms with Crippen LogP contribution in [0.1, 0.15) is 69.4 Å². The Morgan fingerprint density at radius 1 is 0.494 bits per heavy atom. The van der Waals surface area contributed by atoms with Gasteiger partial charge in [0.05, 0.1) is 0 Å². The van der Waals surface area contributed by atoms with Gasteiger partial charge in [0, 0.05) is 72.5 Å². The third-order valence-corrected chi connectivity index (χ3v) is 15.0. The van der Waals surface area contributed by atoms with Crippen molar-refractivity contribution in [2.75, 3.05) is 9.80 Å². The molecule has 5 nitrogen and oxygen atoms in total. The molecule has 2 aromatic heterocycles. The van der Waals surface area contributed by atoms with E-state index in [0.29, 0.717) is 11.5 Å². The number of aryl methyl sites for hydroxylation is 3. The second-order valence-electron chi connectivity index (χ2n) is 22.4. The van der Waals surface area contributed by atoms with Gasteiger partial charge in [-0.2, -0.15) is 6.07 Å². The van der Waals surface area contributed by atoms with Crippen molar-refractivity contribution < 1.29 is 25.8 Å². The second-order valence-corrected chi connectivity index (χ2v) is 22.4. The fourth-order valence-electron chi connectivity index (χ4n) is 11.1. The van der Waals surface area contributed by atoms with Crippen LogP contribution < -0.4 is 14.5 Å². The van der Waals surface area contributed by atoms with Crippen LogP contribution in [0, 0.1) is 39.6 Å². The molecule has 12 rings (SSSR count). The Balaban J connectivity index is 0.00000631. The van der Waals surface area contributed by atoms with Gasteiger partial charge in [0.15, 0.2) is 0 Å². The standard InChI is InChI=1S/C71H61N4O.Pt/c1-46-37-66(72-44-62(46)67-47(2)35-52(36-48(67)3)49-23-13-10-14-24-49)75-63-33-20-19-31-60(63)68-61(51-27-17-12-18-28-51)42-58(43-65(68)75)76-57-30-21-29-55(41-57)73-45-74(56-39-53(70(4,5)6)38-54(40-56)71(7,8)9)69-59(32-22-34-64(69)73)50-25-15-11-16-26-50;/h10-40,42,44-45H,1-9H3;/q-3;. The van der Waals surface area contributed by atoms with Gasteiger partial charge in [-0.25, -0.2) is 4.98 Å². The van der Waals surface area contributed by atoms with E-state index < -0.39 is 0 Å². The fourth-order valence-corrected chi connectivity index (χ4v) is 11.1. The Hall–Kier alpha value is -7.98. The van der Waals surface area contributed by atoms with Gasteiger partial charge in [0.25, 0.3) is 0 Å². The van der Waals surface area contributed by atoms with Crippen LogP contribution in [0.4, 0.5) is 22.7 Å². The van der Waals surface area contributed by atoms with E-state index in [4.69, 9.17) is 9.72 Å². The minimum atomic E-state index is -0.0551. The van der Waals surface area contributed by atoms with Crippen molar-refractivity contribution in [1.82, 2.24) is 9.55 Å². The van der Waals surface area contributed by atoms with E-state index in [2.05, 4.69) is 284 Å². The molecule has 0 saturated carbocycles. The maximum atomic E-state index is 7.00. The van der Waals surface area contributed by atoms with Crippen molar-refractivity contribution in [1.29, 1.82) is 0 Å². The first-order valence-corrected chi connectivity index (χ1v) is 26.3. The molecule has 0 spiro atoms. The number of benzene rings is 9. The van der Waals surface area contributed by atoms with Gasteiger partial charge in [-0.05, 0) is 123 Å². The van der Waals surface area contributed by atoms with Crippen molar-refractivity contribution in [3.63, 3.8) is 0 Å². The van der Waals surface area contributed by atoms with E-state index in [1.807, 2.05) is 12.3 Å². The zero-order valence-electron chi connectivity index (χ0n) is 45.1. The van der Waals surface area contributed by atoms with E-state index in [1.165, 1.54) is 38.9 Å². The van der Waals surface area contributed by atoms with E-state index in [9.17, 15) is 0 Å². The first-order chi connectivity index (χ1) is 36.7. The summed E-state index contributed by atoms with van der Waals surface area (Å²) < 4.78 is 9.25. The number of para-hydroxylation sites is 2. The van der Waals surface area contributed by atoms with Gasteiger partial charge in [-0.15, -0.1) is 48.3 Å². The first-order valence-electron chi connectivity index (χ1n) is 26.3. The zero-order valence-corrected chi connectivity index (χ0v) is 47.4. The van der Waals surface area contributed by atoms with Crippen LogP contribution in [0.3, 0.4) is 0 Å². The molecule has 1 aliphatic rings. The van der Waals surface area contributed by atoms with E-state index in [-0.39, 0.29) is 31.9 Å². The molecule has 0 radical (unpaired) electrons. The second kappa shape index (κ2) is 20.2. The molecule has 1 aliphatic heterocycles. The molecule has 9 aromatic carbocycles. The van der Waals surface area contributed by atoms with E-state index in [0.717, 1.165) is 83.8 Å². The Kier molecular flexibility index (Phi) is 13.4. The molecule has 0 saturated heterocycles. The first kappa shape index (κ1) is 51.1. The Labute approximate surface area is 468 Å². The average molecular weight is 1180 g/mol. The van der Waals surface area contributed by atoms with Crippen LogP contribution in [-0.4, -0.2) is 9.55 Å². The van der Waals surface area contributed by atoms with Gasteiger partial charge < -0.3 is 19.1 Å². The molecular formula is C71H61N4OPt-3. The number of hydrogen-bond acceptors (Lipinski definition) is 4. The summed E-state index contributed by atoms with van der Waals surface area (Å²) >= 11 is 0. The number of ether oxygens (including phenoxy) is 1. The van der Waals surface area contributed by atoms with Crippen molar-refractivity contribution in [3.05, 3.63) is 247 Å². The topological polar surface area (TPSA) is 33.5 Å². The SMILES string of the molecule is Cc1cc(-n2c3[c-]c(Oc4[c-]c(N5[CH-]N(c6cc(C(C)(C)C)cc(C(C)(C)C)c6)c6c(-c7ccccc7)cccc65)ccc4)cc(-c4ccccc4)c3c3ccccc32)ncc1-c1c(C)cc(-c2ccccc2)cc1C.[Pt]. The summed E-state index contributed by atoms with van der Waals surface area (Å²) in [6.07, 6.45) is 2.05. The summed E-state index contributed by atoms with van der Waals surface area (Å²) in [4.78, 5) is 9.89. The van der Waals surface area contributed by atoms with E-state index >= 15 is 0 Å². The largest absolute Gasteiger partial charge is 0.509 e. The average Bonchev–Trinajstić information content (AvgIpc) is 4.20. The van der Waals surface area contributed by atoms with Crippen molar-refractivity contribution >= 4 is 44.6 Å². The Bertz CT molecular complexity index is 3940. The maximum absolute atomic E-state index is 7.00. The third kappa shape index (κ3) is 9.57. The summed E-state index contributed by atoms with van der Waals surface area (Å²) in [5.74, 6) is 1.97. The van der Waals surface area contributed by atoms with Crippen LogP contribution in [0.25, 0.3) is 72.1 Å². The smallest absolute Gasteiger partial charge is 0.135 e. The molecule has 0 bridgehead atoms. The third-order valence-electron chi connectivity index (χ3n) is 15.0. The molecule has 3 heterocycles. The summed E-state index contributed by atoms with van der Waals surface area (Å²) in [5, 5.41) is 2.20. The molecule has 11 aromatic rings. The van der Waals surface area contributed by atoms with Crippen LogP contribution in [0.5, 0.6) is 11.5 Å². The summed E-state index contributed by atoms with van der Waals surface area (Å²) in [6, 6.07) is 76.7. The Morgan fingerprint density at radius 2 is 1.09 bits per heavy atom. The normalized spacial score (nSPS) is 12.5. The van der Waals surface area contributed by atoms with Crippen LogP contribution in [0.2, 0.25) is 0 Å². The van der Waals surface area contributed by atoms with Crippen LogP contribution in [-0.2, 0) is 31.9 Å². The molecule has 384 valence electrons. The predicted octanol–water partition coefficient (Wildman–Crippen LogP) is 19.2. The number of aromatic nitrogens is 2. The van der Waals surface area contributed by atoms with Crippen molar-refractivity contribution in [3.8, 4) is 61.8 Å². The molecule has 77 heavy (non-hydrogen) atoms. The quantitative estimate of drug-likeness (QED) is 0.135. The number of fused-ring (bicyclic) bond motifs is 4. The van der Waals surface area contributed by atoms with Gasteiger partial charge in [-0.3, -0.25) is 0 Å². The molecule has 0 atom stereocenters. The Morgan fingerprint density at radius 3 is 1.73 bits per heavy atom. The van der Waals surface area contributed by atoms with E-state index in [1.54, 1.807) is 0 Å². The molecule has 0 fully saturated rings. The molecule has 0 amide bonds. The predicted molar refractivity (Wildman–Crippen MR) is 318 cm³/mol. The number of anilines is 4. The summed E-state index contributed by atoms with van der Waals surface area (Å²) in [5.41, 5.74) is 21.3. The van der Waals surface area contributed by atoms with Crippen molar-refractivity contribution in [2.24, 2.45) is 0 Å². The summed E-state index contributed by atoms with van der Waals surface area (Å²) in [6.45, 7) is 22.6. The van der Waals surface area contributed by atoms with Gasteiger partial charge in [-0.1, -0.05) is 192 Å². The van der Waals surface area contributed by atoms with Crippen LogP contribution >= 0.6 is 0 Å². The zero-order chi connectivity index (χ0) is 52.5. The minimum absolute atomic E-state index is 0. The molecule has 0 N–H and O–H groups in total. The molecule has 0 aliphatic carbocycles. The van der Waals surface area contributed by atoms with Crippen molar-refractivity contribution in [2.45, 2.75) is 73.1 Å². The van der Waals surface area contributed by atoms with Gasteiger partial charge in [0.1, 0.15) is 5.82 Å². The minimum Gasteiger partial charge on any atom is -0.509 e. The molecule has 6 heteroatoms. The number of nitrogens with zero attached hydrogens (tertiary/aromatic N) is 4. The number of pyridine rings is 1. The fraction of sp³-hybridized carbons (Fsp3) is 0.155. The maximum Gasteiger partial charge on any atom is 0.135 e. The molecule has 0 unspecified atom stereocenters. The van der Waals surface area contributed by atoms with Crippen LogP contribution in [0.15, 0.2) is 200 Å². The summed E-state index contributed by atoms with van der Waals surface area (Å²) in [7, 11) is 0. The van der Waals surface area contributed by atoms with Gasteiger partial charge >= 0.3 is 0 Å². The number of hydrogen-bond donors (Lipinski definition) is 0. The number of rotatable bonds is 9. The molecular weight excluding hydrogens is 1120 g/mol. The van der Waals surface area contributed by atoms with Gasteiger partial charge in [0.2, 0.25) is 0 Å².